The molecule has 1 N–H and O–H groups in total. The molecule has 0 spiro atoms. The van der Waals surface area contributed by atoms with Crippen LogP contribution in [0, 0.1) is 28.4 Å². The summed E-state index contributed by atoms with van der Waals surface area (Å²) in [5, 5.41) is 29.0. The normalized spacial score (nSPS) is 9.95. The van der Waals surface area contributed by atoms with Gasteiger partial charge >= 0.3 is 0 Å². The summed E-state index contributed by atoms with van der Waals surface area (Å²) in [4.78, 5) is 10.3. The van der Waals surface area contributed by atoms with E-state index in [0.717, 1.165) is 5.56 Å². The van der Waals surface area contributed by atoms with Gasteiger partial charge in [0, 0.05) is 6.07 Å². The van der Waals surface area contributed by atoms with E-state index in [1.54, 1.807) is 25.1 Å². The van der Waals surface area contributed by atoms with E-state index in [1.807, 2.05) is 6.07 Å². The second-order valence-electron chi connectivity index (χ2n) is 4.41. The first kappa shape index (κ1) is 14.5. The lowest BCUT2D eigenvalue weighted by atomic mass is 10.1. The summed E-state index contributed by atoms with van der Waals surface area (Å²) in [7, 11) is 0. The molecule has 21 heavy (non-hydrogen) atoms. The summed E-state index contributed by atoms with van der Waals surface area (Å²) in [6.07, 6.45) is 0. The maximum atomic E-state index is 10.8. The maximum Gasteiger partial charge on any atom is 0.273 e. The molecule has 0 atom stereocenters. The number of nitro groups is 1. The van der Waals surface area contributed by atoms with Gasteiger partial charge in [0.15, 0.2) is 0 Å². The molecule has 0 heterocycles. The molecule has 0 amide bonds. The highest BCUT2D eigenvalue weighted by molar-refractivity contribution is 5.50. The summed E-state index contributed by atoms with van der Waals surface area (Å²) >= 11 is 0. The van der Waals surface area contributed by atoms with Crippen molar-refractivity contribution < 1.29 is 14.8 Å². The summed E-state index contributed by atoms with van der Waals surface area (Å²) in [5.74, 6) is 0.607. The Balaban J connectivity index is 2.40. The molecule has 0 aliphatic heterocycles. The number of hydrogen-bond acceptors (Lipinski definition) is 5. The van der Waals surface area contributed by atoms with Gasteiger partial charge in [0.25, 0.3) is 5.69 Å². The van der Waals surface area contributed by atoms with Crippen LogP contribution in [0.1, 0.15) is 16.7 Å². The van der Waals surface area contributed by atoms with Gasteiger partial charge in [-0.3, -0.25) is 10.1 Å². The van der Waals surface area contributed by atoms with Crippen LogP contribution < -0.4 is 4.74 Å². The lowest BCUT2D eigenvalue weighted by Crippen LogP contribution is -1.95. The lowest BCUT2D eigenvalue weighted by Gasteiger charge is -2.10. The predicted octanol–water partition coefficient (Wildman–Crippen LogP) is 3.06. The summed E-state index contributed by atoms with van der Waals surface area (Å²) in [6.45, 7) is 1.58. The number of aliphatic hydroxyl groups excluding tert-OH is 1. The number of rotatable bonds is 4. The molecule has 0 saturated heterocycles. The van der Waals surface area contributed by atoms with Gasteiger partial charge in [-0.1, -0.05) is 6.07 Å². The van der Waals surface area contributed by atoms with E-state index in [1.165, 1.54) is 18.2 Å². The lowest BCUT2D eigenvalue weighted by molar-refractivity contribution is -0.384. The highest BCUT2D eigenvalue weighted by Crippen LogP contribution is 2.31. The summed E-state index contributed by atoms with van der Waals surface area (Å²) < 4.78 is 5.61. The third-order valence-corrected chi connectivity index (χ3v) is 2.95. The molecule has 106 valence electrons. The number of nitriles is 1. The van der Waals surface area contributed by atoms with Gasteiger partial charge in [0.1, 0.15) is 17.6 Å². The first-order valence-electron chi connectivity index (χ1n) is 6.12. The van der Waals surface area contributed by atoms with Gasteiger partial charge in [-0.15, -0.1) is 0 Å². The Labute approximate surface area is 121 Å². The zero-order valence-corrected chi connectivity index (χ0v) is 11.2. The van der Waals surface area contributed by atoms with Crippen LogP contribution in [-0.4, -0.2) is 10.0 Å². The van der Waals surface area contributed by atoms with Crippen LogP contribution in [0.2, 0.25) is 0 Å². The van der Waals surface area contributed by atoms with E-state index in [2.05, 4.69) is 0 Å². The first-order chi connectivity index (χ1) is 10.0. The fourth-order valence-electron chi connectivity index (χ4n) is 1.78. The van der Waals surface area contributed by atoms with Crippen molar-refractivity contribution >= 4 is 5.69 Å². The van der Waals surface area contributed by atoms with Gasteiger partial charge in [0.2, 0.25) is 0 Å². The topological polar surface area (TPSA) is 96.4 Å². The Hall–Kier alpha value is -2.91. The Bertz CT molecular complexity index is 735. The van der Waals surface area contributed by atoms with Crippen molar-refractivity contribution in [2.24, 2.45) is 0 Å². The number of nitro benzene ring substituents is 1. The van der Waals surface area contributed by atoms with Crippen molar-refractivity contribution in [2.45, 2.75) is 13.5 Å². The van der Waals surface area contributed by atoms with Crippen LogP contribution in [0.4, 0.5) is 5.69 Å². The fourth-order valence-corrected chi connectivity index (χ4v) is 1.78. The van der Waals surface area contributed by atoms with Crippen LogP contribution in [0.3, 0.4) is 0 Å². The molecule has 6 nitrogen and oxygen atoms in total. The third kappa shape index (κ3) is 3.16. The van der Waals surface area contributed by atoms with Gasteiger partial charge in [-0.25, -0.2) is 0 Å². The SMILES string of the molecule is Cc1ccc([N+](=O)[O-])cc1Oc1ccc(CO)cc1C#N. The average molecular weight is 284 g/mol. The molecule has 0 fully saturated rings. The molecule has 6 heteroatoms. The van der Waals surface area contributed by atoms with Gasteiger partial charge in [0.05, 0.1) is 23.2 Å². The minimum atomic E-state index is -0.508. The molecule has 2 aromatic carbocycles. The zero-order valence-electron chi connectivity index (χ0n) is 11.2. The Morgan fingerprint density at radius 1 is 1.29 bits per heavy atom. The molecule has 0 saturated carbocycles. The van der Waals surface area contributed by atoms with Gasteiger partial charge < -0.3 is 9.84 Å². The van der Waals surface area contributed by atoms with Crippen LogP contribution in [-0.2, 0) is 6.61 Å². The van der Waals surface area contributed by atoms with Crippen molar-refractivity contribution in [1.29, 1.82) is 5.26 Å². The molecule has 0 radical (unpaired) electrons. The van der Waals surface area contributed by atoms with E-state index >= 15 is 0 Å². The number of benzene rings is 2. The van der Waals surface area contributed by atoms with E-state index in [9.17, 15) is 10.1 Å². The van der Waals surface area contributed by atoms with E-state index < -0.39 is 4.92 Å². The predicted molar refractivity (Wildman–Crippen MR) is 75.0 cm³/mol. The van der Waals surface area contributed by atoms with Crippen LogP contribution in [0.15, 0.2) is 36.4 Å². The minimum Gasteiger partial charge on any atom is -0.455 e. The molecule has 2 rings (SSSR count). The second kappa shape index (κ2) is 6.03. The summed E-state index contributed by atoms with van der Waals surface area (Å²) in [5.41, 5.74) is 1.49. The number of non-ortho nitro benzene ring substituents is 1. The van der Waals surface area contributed by atoms with E-state index in [-0.39, 0.29) is 17.9 Å². The zero-order chi connectivity index (χ0) is 15.4. The molecule has 0 aromatic heterocycles. The monoisotopic (exact) mass is 284 g/mol. The Morgan fingerprint density at radius 2 is 2.05 bits per heavy atom. The minimum absolute atomic E-state index is 0.0823. The highest BCUT2D eigenvalue weighted by Gasteiger charge is 2.12. The fraction of sp³-hybridized carbons (Fsp3) is 0.133. The quantitative estimate of drug-likeness (QED) is 0.687. The molecule has 0 bridgehead atoms. The molecule has 0 aliphatic carbocycles. The molecular weight excluding hydrogens is 272 g/mol. The summed E-state index contributed by atoms with van der Waals surface area (Å²) in [6, 6.07) is 11.0. The molecular formula is C15H12N2O4. The van der Waals surface area contributed by atoms with Gasteiger partial charge in [-0.05, 0) is 36.2 Å². The molecule has 2 aromatic rings. The average Bonchev–Trinajstić information content (AvgIpc) is 2.49. The van der Waals surface area contributed by atoms with E-state index in [0.29, 0.717) is 17.1 Å². The van der Waals surface area contributed by atoms with Crippen LogP contribution >= 0.6 is 0 Å². The standard InChI is InChI=1S/C15H12N2O4/c1-10-2-4-13(17(19)20)7-15(10)21-14-5-3-11(9-18)6-12(14)8-16/h2-7,18H,9H2,1H3. The largest absolute Gasteiger partial charge is 0.455 e. The smallest absolute Gasteiger partial charge is 0.273 e. The first-order valence-corrected chi connectivity index (χ1v) is 6.12. The second-order valence-corrected chi connectivity index (χ2v) is 4.41. The number of hydrogen-bond donors (Lipinski definition) is 1. The van der Waals surface area contributed by atoms with Crippen LogP contribution in [0.25, 0.3) is 0 Å². The number of aryl methyl sites for hydroxylation is 1. The maximum absolute atomic E-state index is 10.8. The number of nitrogens with zero attached hydrogens (tertiary/aromatic N) is 2. The van der Waals surface area contributed by atoms with E-state index in [4.69, 9.17) is 15.1 Å². The van der Waals surface area contributed by atoms with Crippen molar-refractivity contribution in [1.82, 2.24) is 0 Å². The molecule has 0 unspecified atom stereocenters. The van der Waals surface area contributed by atoms with Crippen molar-refractivity contribution in [2.75, 3.05) is 0 Å². The van der Waals surface area contributed by atoms with Crippen molar-refractivity contribution in [3.8, 4) is 17.6 Å². The van der Waals surface area contributed by atoms with Crippen LogP contribution in [0.5, 0.6) is 11.5 Å². The Kier molecular flexibility index (Phi) is 4.16. The van der Waals surface area contributed by atoms with Crippen molar-refractivity contribution in [3.05, 3.63) is 63.2 Å². The number of aliphatic hydroxyl groups is 1. The van der Waals surface area contributed by atoms with Gasteiger partial charge in [-0.2, -0.15) is 5.26 Å². The third-order valence-electron chi connectivity index (χ3n) is 2.95. The number of ether oxygens (including phenoxy) is 1. The highest BCUT2D eigenvalue weighted by atomic mass is 16.6. The molecule has 0 aliphatic rings. The Morgan fingerprint density at radius 3 is 2.67 bits per heavy atom. The van der Waals surface area contributed by atoms with Crippen molar-refractivity contribution in [3.63, 3.8) is 0 Å².